The molecule has 16 heavy (non-hydrogen) atoms. The molecule has 1 aliphatic heterocycles. The smallest absolute Gasteiger partial charge is 0.0193 e. The lowest BCUT2D eigenvalue weighted by Crippen LogP contribution is -2.46. The molecule has 2 rings (SSSR count). The molecule has 0 bridgehead atoms. The molecule has 2 N–H and O–H groups in total. The van der Waals surface area contributed by atoms with Crippen LogP contribution in [-0.2, 0) is 5.41 Å². The lowest BCUT2D eigenvalue weighted by Gasteiger charge is -2.30. The Morgan fingerprint density at radius 1 is 1.56 bits per heavy atom. The summed E-state index contributed by atoms with van der Waals surface area (Å²) in [5.41, 5.74) is 0.256. The van der Waals surface area contributed by atoms with Crippen LogP contribution in [0.2, 0.25) is 0 Å². The van der Waals surface area contributed by atoms with Crippen LogP contribution in [-0.4, -0.2) is 25.7 Å². The zero-order valence-electron chi connectivity index (χ0n) is 10.3. The third kappa shape index (κ3) is 3.06. The molecule has 1 fully saturated rings. The quantitative estimate of drug-likeness (QED) is 0.841. The van der Waals surface area contributed by atoms with Crippen molar-refractivity contribution in [1.82, 2.24) is 10.6 Å². The zero-order chi connectivity index (χ0) is 11.4. The third-order valence-corrected chi connectivity index (χ3v) is 4.55. The molecular formula is C13H22N2S. The number of hydrogen-bond donors (Lipinski definition) is 2. The summed E-state index contributed by atoms with van der Waals surface area (Å²) in [6, 6.07) is 5.04. The molecule has 1 unspecified atom stereocenters. The summed E-state index contributed by atoms with van der Waals surface area (Å²) in [5, 5.41) is 9.31. The predicted molar refractivity (Wildman–Crippen MR) is 71.2 cm³/mol. The maximum atomic E-state index is 3.69. The van der Waals surface area contributed by atoms with Crippen LogP contribution in [0.25, 0.3) is 0 Å². The summed E-state index contributed by atoms with van der Waals surface area (Å²) in [7, 11) is 0. The maximum absolute atomic E-state index is 3.69. The summed E-state index contributed by atoms with van der Waals surface area (Å²) in [6.07, 6.45) is 2.62. The van der Waals surface area contributed by atoms with E-state index in [4.69, 9.17) is 0 Å². The largest absolute Gasteiger partial charge is 0.315 e. The highest BCUT2D eigenvalue weighted by Gasteiger charge is 2.23. The predicted octanol–water partition coefficient (Wildman–Crippen LogP) is 2.37. The van der Waals surface area contributed by atoms with Crippen molar-refractivity contribution in [1.29, 1.82) is 0 Å². The summed E-state index contributed by atoms with van der Waals surface area (Å²) < 4.78 is 0. The van der Waals surface area contributed by atoms with Gasteiger partial charge >= 0.3 is 0 Å². The van der Waals surface area contributed by atoms with E-state index in [1.165, 1.54) is 24.3 Å². The topological polar surface area (TPSA) is 24.1 Å². The van der Waals surface area contributed by atoms with Gasteiger partial charge in [-0.25, -0.2) is 0 Å². The van der Waals surface area contributed by atoms with Crippen molar-refractivity contribution in [3.63, 3.8) is 0 Å². The highest BCUT2D eigenvalue weighted by atomic mass is 32.1. The number of hydrogen-bond acceptors (Lipinski definition) is 3. The van der Waals surface area contributed by atoms with Crippen LogP contribution in [0.15, 0.2) is 17.5 Å². The van der Waals surface area contributed by atoms with Crippen molar-refractivity contribution in [2.24, 2.45) is 0 Å². The Morgan fingerprint density at radius 2 is 2.44 bits per heavy atom. The lowest BCUT2D eigenvalue weighted by molar-refractivity contribution is 0.356. The maximum Gasteiger partial charge on any atom is 0.0193 e. The van der Waals surface area contributed by atoms with Crippen LogP contribution in [0.4, 0.5) is 0 Å². The van der Waals surface area contributed by atoms with E-state index in [-0.39, 0.29) is 5.41 Å². The van der Waals surface area contributed by atoms with Gasteiger partial charge in [0.25, 0.3) is 0 Å². The first kappa shape index (κ1) is 12.1. The van der Waals surface area contributed by atoms with Crippen molar-refractivity contribution in [3.05, 3.63) is 22.4 Å². The molecule has 0 aromatic carbocycles. The lowest BCUT2D eigenvalue weighted by atomic mass is 9.91. The molecule has 90 valence electrons. The van der Waals surface area contributed by atoms with Gasteiger partial charge in [-0.2, -0.15) is 0 Å². The fourth-order valence-corrected chi connectivity index (χ4v) is 3.03. The average Bonchev–Trinajstić information content (AvgIpc) is 2.82. The van der Waals surface area contributed by atoms with Crippen LogP contribution in [0, 0.1) is 0 Å². The third-order valence-electron chi connectivity index (χ3n) is 3.32. The van der Waals surface area contributed by atoms with Crippen LogP contribution in [0.5, 0.6) is 0 Å². The summed E-state index contributed by atoms with van der Waals surface area (Å²) >= 11 is 1.86. The fourth-order valence-electron chi connectivity index (χ4n) is 2.18. The minimum absolute atomic E-state index is 0.256. The minimum atomic E-state index is 0.256. The normalized spacial score (nSPS) is 22.2. The van der Waals surface area contributed by atoms with Gasteiger partial charge in [0.2, 0.25) is 0 Å². The van der Waals surface area contributed by atoms with E-state index in [1.54, 1.807) is 0 Å². The van der Waals surface area contributed by atoms with Gasteiger partial charge in [-0.1, -0.05) is 19.9 Å². The van der Waals surface area contributed by atoms with E-state index >= 15 is 0 Å². The molecule has 1 aliphatic rings. The average molecular weight is 238 g/mol. The van der Waals surface area contributed by atoms with Crippen molar-refractivity contribution >= 4 is 11.3 Å². The van der Waals surface area contributed by atoms with Crippen molar-refractivity contribution in [2.45, 2.75) is 38.1 Å². The number of thiophene rings is 1. The molecule has 2 heterocycles. The summed E-state index contributed by atoms with van der Waals surface area (Å²) in [4.78, 5) is 1.48. The highest BCUT2D eigenvalue weighted by Crippen LogP contribution is 2.26. The SMILES string of the molecule is CC(C)(CNC1CCCNC1)c1cccs1. The zero-order valence-corrected chi connectivity index (χ0v) is 11.1. The first-order chi connectivity index (χ1) is 7.68. The Kier molecular flexibility index (Phi) is 4.00. The molecule has 3 heteroatoms. The number of rotatable bonds is 4. The second-order valence-corrected chi connectivity index (χ2v) is 6.23. The van der Waals surface area contributed by atoms with Gasteiger partial charge in [-0.05, 0) is 30.8 Å². The summed E-state index contributed by atoms with van der Waals surface area (Å²) in [6.45, 7) is 8.02. The highest BCUT2D eigenvalue weighted by molar-refractivity contribution is 7.10. The Labute approximate surface area is 102 Å². The molecule has 2 nitrogen and oxygen atoms in total. The van der Waals surface area contributed by atoms with Gasteiger partial charge in [0.15, 0.2) is 0 Å². The molecule has 1 aromatic heterocycles. The van der Waals surface area contributed by atoms with Crippen LogP contribution >= 0.6 is 11.3 Å². The van der Waals surface area contributed by atoms with Gasteiger partial charge in [-0.3, -0.25) is 0 Å². The van der Waals surface area contributed by atoms with Crippen molar-refractivity contribution < 1.29 is 0 Å². The van der Waals surface area contributed by atoms with E-state index in [0.717, 1.165) is 13.1 Å². The van der Waals surface area contributed by atoms with Crippen molar-refractivity contribution in [3.8, 4) is 0 Å². The van der Waals surface area contributed by atoms with E-state index in [2.05, 4.69) is 42.0 Å². The van der Waals surface area contributed by atoms with E-state index in [9.17, 15) is 0 Å². The van der Waals surface area contributed by atoms with Crippen LogP contribution in [0.3, 0.4) is 0 Å². The van der Waals surface area contributed by atoms with Gasteiger partial charge in [0, 0.05) is 29.4 Å². The Morgan fingerprint density at radius 3 is 3.06 bits per heavy atom. The number of piperidine rings is 1. The first-order valence-electron chi connectivity index (χ1n) is 6.16. The molecule has 0 aliphatic carbocycles. The molecule has 1 aromatic rings. The van der Waals surface area contributed by atoms with E-state index in [0.29, 0.717) is 6.04 Å². The molecule has 0 saturated carbocycles. The molecule has 0 radical (unpaired) electrons. The second-order valence-electron chi connectivity index (χ2n) is 5.29. The minimum Gasteiger partial charge on any atom is -0.315 e. The Balaban J connectivity index is 1.84. The van der Waals surface area contributed by atoms with Gasteiger partial charge in [0.1, 0.15) is 0 Å². The molecule has 1 atom stereocenters. The van der Waals surface area contributed by atoms with Gasteiger partial charge < -0.3 is 10.6 Å². The summed E-state index contributed by atoms with van der Waals surface area (Å²) in [5.74, 6) is 0. The van der Waals surface area contributed by atoms with Gasteiger partial charge in [-0.15, -0.1) is 11.3 Å². The Bertz CT molecular complexity index is 300. The molecule has 1 saturated heterocycles. The fraction of sp³-hybridized carbons (Fsp3) is 0.692. The van der Waals surface area contributed by atoms with Crippen LogP contribution in [0.1, 0.15) is 31.6 Å². The Hall–Kier alpha value is -0.380. The van der Waals surface area contributed by atoms with E-state index < -0.39 is 0 Å². The molecule has 0 amide bonds. The second kappa shape index (κ2) is 5.30. The van der Waals surface area contributed by atoms with Gasteiger partial charge in [0.05, 0.1) is 0 Å². The molecular weight excluding hydrogens is 216 g/mol. The monoisotopic (exact) mass is 238 g/mol. The number of nitrogens with one attached hydrogen (secondary N) is 2. The molecule has 0 spiro atoms. The van der Waals surface area contributed by atoms with Crippen molar-refractivity contribution in [2.75, 3.05) is 19.6 Å². The standard InChI is InChI=1S/C13H22N2S/c1-13(2,12-6-4-8-16-12)10-15-11-5-3-7-14-9-11/h4,6,8,11,14-15H,3,5,7,9-10H2,1-2H3. The first-order valence-corrected chi connectivity index (χ1v) is 7.04. The van der Waals surface area contributed by atoms with Crippen LogP contribution < -0.4 is 10.6 Å². The van der Waals surface area contributed by atoms with E-state index in [1.807, 2.05) is 11.3 Å².